The molecule has 2 heterocycles. The molecule has 1 aliphatic heterocycles. The molecule has 5 fully saturated rings. The second-order valence-corrected chi connectivity index (χ2v) is 17.4. The number of nitrogens with one attached hydrogen (secondary N) is 1. The Labute approximate surface area is 246 Å². The van der Waals surface area contributed by atoms with Gasteiger partial charge >= 0.3 is 0 Å². The van der Waals surface area contributed by atoms with Crippen LogP contribution in [0.3, 0.4) is 0 Å². The van der Waals surface area contributed by atoms with Crippen molar-refractivity contribution in [2.75, 3.05) is 16.8 Å². The molecule has 41 heavy (non-hydrogen) atoms. The van der Waals surface area contributed by atoms with Crippen LogP contribution in [0.15, 0.2) is 6.07 Å². The van der Waals surface area contributed by atoms with Gasteiger partial charge in [0, 0.05) is 12.5 Å². The first-order valence-electron chi connectivity index (χ1n) is 16.2. The highest BCUT2D eigenvalue weighted by molar-refractivity contribution is 7.91. The monoisotopic (exact) mass is 589 g/mol. The summed E-state index contributed by atoms with van der Waals surface area (Å²) in [7, 11) is -3.05. The smallest absolute Gasteiger partial charge is 0.225 e. The Morgan fingerprint density at radius 3 is 2.63 bits per heavy atom. The highest BCUT2D eigenvalue weighted by atomic mass is 32.2. The van der Waals surface area contributed by atoms with E-state index in [-0.39, 0.29) is 46.5 Å². The van der Waals surface area contributed by atoms with Crippen molar-refractivity contribution in [3.63, 3.8) is 0 Å². The van der Waals surface area contributed by atoms with E-state index in [4.69, 9.17) is 0 Å². The van der Waals surface area contributed by atoms with E-state index in [0.29, 0.717) is 54.2 Å². The Balaban J connectivity index is 1.10. The van der Waals surface area contributed by atoms with Crippen LogP contribution in [0.5, 0.6) is 0 Å². The quantitative estimate of drug-likeness (QED) is 0.434. The molecule has 11 atom stereocenters. The predicted molar refractivity (Wildman–Crippen MR) is 159 cm³/mol. The van der Waals surface area contributed by atoms with E-state index in [1.165, 1.54) is 19.3 Å². The van der Waals surface area contributed by atoms with Gasteiger partial charge in [-0.2, -0.15) is 5.10 Å². The van der Waals surface area contributed by atoms with Crippen molar-refractivity contribution in [3.8, 4) is 0 Å². The fraction of sp³-hybridized carbons (Fsp3) is 0.875. The highest BCUT2D eigenvalue weighted by Crippen LogP contribution is 2.68. The first kappa shape index (κ1) is 29.6. The zero-order valence-corrected chi connectivity index (χ0v) is 26.2. The molecule has 0 spiro atoms. The molecule has 0 radical (unpaired) electrons. The number of anilines is 1. The van der Waals surface area contributed by atoms with Crippen LogP contribution in [0.4, 0.5) is 5.82 Å². The molecule has 1 aromatic rings. The van der Waals surface area contributed by atoms with Crippen LogP contribution >= 0.6 is 0 Å². The maximum Gasteiger partial charge on any atom is 0.225 e. The number of fused-ring (bicyclic) bond motifs is 5. The first-order chi connectivity index (χ1) is 19.3. The minimum atomic E-state index is -3.05. The summed E-state index contributed by atoms with van der Waals surface area (Å²) in [6, 6.07) is 1.59. The van der Waals surface area contributed by atoms with Gasteiger partial charge in [-0.15, -0.1) is 0 Å². The van der Waals surface area contributed by atoms with E-state index in [2.05, 4.69) is 31.2 Å². The van der Waals surface area contributed by atoms with Crippen LogP contribution in [0, 0.1) is 53.3 Å². The molecule has 4 saturated carbocycles. The average Bonchev–Trinajstić information content (AvgIpc) is 3.58. The lowest BCUT2D eigenvalue weighted by atomic mass is 9.43. The minimum absolute atomic E-state index is 0.0615. The second-order valence-electron chi connectivity index (χ2n) is 15.1. The van der Waals surface area contributed by atoms with E-state index >= 15 is 0 Å². The molecule has 9 heteroatoms. The van der Waals surface area contributed by atoms with Crippen LogP contribution in [-0.2, 0) is 14.6 Å². The van der Waals surface area contributed by atoms with Gasteiger partial charge in [0.05, 0.1) is 35.4 Å². The van der Waals surface area contributed by atoms with Crippen LogP contribution in [0.25, 0.3) is 0 Å². The number of hydrogen-bond donors (Lipinski definition) is 3. The SMILES string of the molecule is Cc1cc(NC(=O)CC[C@@H](C)[C@H]2CC[C@H]3[C@@H]4CC[C@@H]5C[C@H](O)CC[C@]5(C)[C@H]4C[C@H](O)[C@]23C)n([C@@H]2CCS(=O)(=O)C2)n1. The maximum absolute atomic E-state index is 13.1. The van der Waals surface area contributed by atoms with Crippen LogP contribution in [0.1, 0.15) is 103 Å². The molecule has 1 aromatic heterocycles. The third-order valence-corrected chi connectivity index (χ3v) is 14.8. The number of hydrogen-bond acceptors (Lipinski definition) is 6. The molecule has 6 rings (SSSR count). The predicted octanol–water partition coefficient (Wildman–Crippen LogP) is 4.90. The van der Waals surface area contributed by atoms with Gasteiger partial charge in [-0.25, -0.2) is 13.1 Å². The highest BCUT2D eigenvalue weighted by Gasteiger charge is 2.63. The van der Waals surface area contributed by atoms with Gasteiger partial charge < -0.3 is 15.5 Å². The standard InChI is InChI=1S/C32H51N3O5S/c1-19(5-10-30(38)33-29-15-20(2)34-35(29)22-12-14-41(39,40)18-22)25-8-9-26-24-7-6-21-16-23(36)11-13-31(21,3)27(24)17-28(37)32(25,26)4/h15,19,21-28,36-37H,5-14,16-18H2,1-4H3,(H,33,38)/t19-,21-,22-,23-,24+,25-,26+,27+,28+,31+,32-/m1/s1. The fourth-order valence-corrected chi connectivity index (χ4v) is 12.5. The third kappa shape index (κ3) is 5.09. The van der Waals surface area contributed by atoms with Crippen molar-refractivity contribution in [1.29, 1.82) is 0 Å². The molecule has 0 aromatic carbocycles. The van der Waals surface area contributed by atoms with Crippen molar-refractivity contribution in [2.24, 2.45) is 46.3 Å². The molecular formula is C32H51N3O5S. The van der Waals surface area contributed by atoms with Crippen LogP contribution in [-0.4, -0.2) is 58.0 Å². The number of rotatable bonds is 6. The summed E-state index contributed by atoms with van der Waals surface area (Å²) in [5.41, 5.74) is 0.887. The van der Waals surface area contributed by atoms with Gasteiger partial charge in [0.2, 0.25) is 5.91 Å². The van der Waals surface area contributed by atoms with Crippen molar-refractivity contribution in [1.82, 2.24) is 9.78 Å². The Kier molecular flexibility index (Phi) is 7.67. The second kappa shape index (κ2) is 10.6. The summed E-state index contributed by atoms with van der Waals surface area (Å²) in [5, 5.41) is 29.7. The first-order valence-corrected chi connectivity index (χ1v) is 18.1. The van der Waals surface area contributed by atoms with Gasteiger partial charge in [0.15, 0.2) is 9.84 Å². The number of aromatic nitrogens is 2. The molecule has 8 nitrogen and oxygen atoms in total. The molecule has 1 saturated heterocycles. The lowest BCUT2D eigenvalue weighted by molar-refractivity contribution is -0.174. The molecule has 0 unspecified atom stereocenters. The fourth-order valence-electron chi connectivity index (χ4n) is 10.8. The summed E-state index contributed by atoms with van der Waals surface area (Å²) >= 11 is 0. The van der Waals surface area contributed by atoms with Gasteiger partial charge in [-0.1, -0.05) is 20.8 Å². The summed E-state index contributed by atoms with van der Waals surface area (Å²) in [6.45, 7) is 8.94. The number of carbonyl (C=O) groups is 1. The molecule has 0 bridgehead atoms. The lowest BCUT2D eigenvalue weighted by Crippen LogP contribution is -2.58. The van der Waals surface area contributed by atoms with Crippen molar-refractivity contribution >= 4 is 21.6 Å². The van der Waals surface area contributed by atoms with Gasteiger partial charge in [-0.05, 0) is 117 Å². The molecule has 5 aliphatic rings. The number of sulfone groups is 1. The molecule has 3 N–H and O–H groups in total. The normalized spacial score (nSPS) is 44.0. The number of aryl methyl sites for hydroxylation is 1. The van der Waals surface area contributed by atoms with Crippen molar-refractivity contribution in [3.05, 3.63) is 11.8 Å². The van der Waals surface area contributed by atoms with Gasteiger partial charge in [0.1, 0.15) is 5.82 Å². The topological polar surface area (TPSA) is 122 Å². The van der Waals surface area contributed by atoms with Crippen molar-refractivity contribution < 1.29 is 23.4 Å². The number of amides is 1. The van der Waals surface area contributed by atoms with Crippen LogP contribution in [0.2, 0.25) is 0 Å². The Morgan fingerprint density at radius 1 is 1.12 bits per heavy atom. The Hall–Kier alpha value is -1.45. The summed E-state index contributed by atoms with van der Waals surface area (Å²) < 4.78 is 25.7. The van der Waals surface area contributed by atoms with E-state index < -0.39 is 9.84 Å². The Morgan fingerprint density at radius 2 is 1.90 bits per heavy atom. The van der Waals surface area contributed by atoms with Crippen LogP contribution < -0.4 is 5.32 Å². The largest absolute Gasteiger partial charge is 0.393 e. The number of aliphatic hydroxyl groups is 2. The molecular weight excluding hydrogens is 538 g/mol. The van der Waals surface area contributed by atoms with E-state index in [1.54, 1.807) is 4.68 Å². The number of carbonyl (C=O) groups excluding carboxylic acids is 1. The van der Waals surface area contributed by atoms with Crippen molar-refractivity contribution in [2.45, 2.75) is 117 Å². The average molecular weight is 590 g/mol. The molecule has 4 aliphatic carbocycles. The van der Waals surface area contributed by atoms with Gasteiger partial charge in [0.25, 0.3) is 0 Å². The third-order valence-electron chi connectivity index (χ3n) is 13.0. The van der Waals surface area contributed by atoms with E-state index in [1.807, 2.05) is 13.0 Å². The minimum Gasteiger partial charge on any atom is -0.393 e. The lowest BCUT2D eigenvalue weighted by Gasteiger charge is -2.62. The maximum atomic E-state index is 13.1. The van der Waals surface area contributed by atoms with E-state index in [0.717, 1.165) is 44.2 Å². The summed E-state index contributed by atoms with van der Waals surface area (Å²) in [4.78, 5) is 13.1. The van der Waals surface area contributed by atoms with Gasteiger partial charge in [-0.3, -0.25) is 4.79 Å². The summed E-state index contributed by atoms with van der Waals surface area (Å²) in [6.07, 6.45) is 9.73. The zero-order valence-electron chi connectivity index (χ0n) is 25.4. The van der Waals surface area contributed by atoms with E-state index in [9.17, 15) is 23.4 Å². The summed E-state index contributed by atoms with van der Waals surface area (Å²) in [5.74, 6) is 3.79. The number of aliphatic hydroxyl groups excluding tert-OH is 2. The molecule has 1 amide bonds. The Bertz CT molecular complexity index is 1260. The molecule has 230 valence electrons. The number of nitrogens with zero attached hydrogens (tertiary/aromatic N) is 2. The zero-order chi connectivity index (χ0) is 29.3.